The van der Waals surface area contributed by atoms with Crippen molar-refractivity contribution < 1.29 is 0 Å². The predicted octanol–water partition coefficient (Wildman–Crippen LogP) is 2.33. The lowest BCUT2D eigenvalue weighted by molar-refractivity contribution is 0.923. The van der Waals surface area contributed by atoms with E-state index in [9.17, 15) is 0 Å². The van der Waals surface area contributed by atoms with Crippen LogP contribution in [-0.2, 0) is 6.42 Å². The number of aromatic nitrogens is 4. The van der Waals surface area contributed by atoms with Crippen LogP contribution >= 0.6 is 0 Å². The van der Waals surface area contributed by atoms with Crippen LogP contribution in [0.3, 0.4) is 0 Å². The lowest BCUT2D eigenvalue weighted by Crippen LogP contribution is -2.11. The number of nitrogens with two attached hydrogens (primary N) is 1. The van der Waals surface area contributed by atoms with Gasteiger partial charge in [0.15, 0.2) is 5.65 Å². The fourth-order valence-electron chi connectivity index (χ4n) is 2.25. The summed E-state index contributed by atoms with van der Waals surface area (Å²) < 4.78 is 0. The molecule has 0 aliphatic carbocycles. The van der Waals surface area contributed by atoms with Crippen LogP contribution in [0, 0.1) is 0 Å². The van der Waals surface area contributed by atoms with Crippen molar-refractivity contribution in [2.75, 3.05) is 10.7 Å². The molecule has 0 saturated carbocycles. The molecule has 21 heavy (non-hydrogen) atoms. The molecule has 0 saturated heterocycles. The van der Waals surface area contributed by atoms with E-state index in [1.165, 1.54) is 5.56 Å². The van der Waals surface area contributed by atoms with Crippen LogP contribution in [0.25, 0.3) is 11.0 Å². The van der Waals surface area contributed by atoms with E-state index in [4.69, 9.17) is 5.84 Å². The number of aromatic amines is 1. The highest BCUT2D eigenvalue weighted by Crippen LogP contribution is 2.26. The third-order valence-electron chi connectivity index (χ3n) is 3.23. The van der Waals surface area contributed by atoms with Crippen LogP contribution in [0.2, 0.25) is 0 Å². The number of rotatable bonds is 5. The van der Waals surface area contributed by atoms with Gasteiger partial charge in [-0.2, -0.15) is 15.1 Å². The summed E-state index contributed by atoms with van der Waals surface area (Å²) in [6.07, 6.45) is 3.78. The Morgan fingerprint density at radius 1 is 1.24 bits per heavy atom. The molecule has 0 radical (unpaired) electrons. The number of hydrogen-bond acceptors (Lipinski definition) is 6. The maximum absolute atomic E-state index is 5.41. The van der Waals surface area contributed by atoms with Crippen molar-refractivity contribution in [3.8, 4) is 0 Å². The number of hydrazine groups is 1. The van der Waals surface area contributed by atoms with E-state index in [-0.39, 0.29) is 0 Å². The lowest BCUT2D eigenvalue weighted by Gasteiger charge is -2.12. The molecule has 7 nitrogen and oxygen atoms in total. The predicted molar refractivity (Wildman–Crippen MR) is 83.2 cm³/mol. The van der Waals surface area contributed by atoms with Crippen molar-refractivity contribution in [2.45, 2.75) is 19.8 Å². The van der Waals surface area contributed by atoms with E-state index in [0.717, 1.165) is 23.9 Å². The zero-order chi connectivity index (χ0) is 14.7. The highest BCUT2D eigenvalue weighted by molar-refractivity contribution is 5.89. The molecule has 108 valence electrons. The van der Waals surface area contributed by atoms with E-state index >= 15 is 0 Å². The van der Waals surface area contributed by atoms with Gasteiger partial charge in [0.25, 0.3) is 0 Å². The first kappa shape index (κ1) is 13.3. The van der Waals surface area contributed by atoms with Gasteiger partial charge in [0.1, 0.15) is 5.82 Å². The van der Waals surface area contributed by atoms with Gasteiger partial charge < -0.3 is 5.32 Å². The second kappa shape index (κ2) is 5.76. The standard InChI is InChI=1S/C14H17N7/c1-2-5-9-6-3-4-7-11(9)17-12-10-8-16-21-13(10)19-14(18-12)20-15/h3-4,6-8H,2,5,15H2,1H3,(H3,16,17,18,19,20,21). The Hall–Kier alpha value is -2.67. The Morgan fingerprint density at radius 2 is 2.10 bits per heavy atom. The van der Waals surface area contributed by atoms with Crippen LogP contribution < -0.4 is 16.6 Å². The second-order valence-electron chi connectivity index (χ2n) is 4.70. The largest absolute Gasteiger partial charge is 0.339 e. The number of benzene rings is 1. The topological polar surface area (TPSA) is 105 Å². The first-order chi connectivity index (χ1) is 10.3. The van der Waals surface area contributed by atoms with Gasteiger partial charge in [-0.3, -0.25) is 10.5 Å². The van der Waals surface area contributed by atoms with Gasteiger partial charge in [0.2, 0.25) is 5.95 Å². The molecule has 0 aliphatic rings. The van der Waals surface area contributed by atoms with Crippen LogP contribution in [0.1, 0.15) is 18.9 Å². The number of nitrogens with one attached hydrogen (secondary N) is 3. The first-order valence-corrected chi connectivity index (χ1v) is 6.84. The summed E-state index contributed by atoms with van der Waals surface area (Å²) >= 11 is 0. The molecule has 5 N–H and O–H groups in total. The summed E-state index contributed by atoms with van der Waals surface area (Å²) in [5.74, 6) is 6.42. The molecule has 0 unspecified atom stereocenters. The zero-order valence-electron chi connectivity index (χ0n) is 11.7. The third-order valence-corrected chi connectivity index (χ3v) is 3.23. The number of nitrogen functional groups attached to an aromatic ring is 1. The van der Waals surface area contributed by atoms with Crippen molar-refractivity contribution in [1.29, 1.82) is 0 Å². The van der Waals surface area contributed by atoms with Crippen molar-refractivity contribution >= 4 is 28.5 Å². The molecule has 2 heterocycles. The number of H-pyrrole nitrogens is 1. The second-order valence-corrected chi connectivity index (χ2v) is 4.70. The van der Waals surface area contributed by atoms with Crippen molar-refractivity contribution in [2.24, 2.45) is 5.84 Å². The van der Waals surface area contributed by atoms with Gasteiger partial charge in [-0.15, -0.1) is 0 Å². The average molecular weight is 283 g/mol. The minimum Gasteiger partial charge on any atom is -0.339 e. The summed E-state index contributed by atoms with van der Waals surface area (Å²) in [5.41, 5.74) is 5.38. The van der Waals surface area contributed by atoms with Gasteiger partial charge >= 0.3 is 0 Å². The van der Waals surface area contributed by atoms with E-state index in [0.29, 0.717) is 17.4 Å². The lowest BCUT2D eigenvalue weighted by atomic mass is 10.1. The SMILES string of the molecule is CCCc1ccccc1Nc1nc(NN)nc2[nH]ncc12. The minimum atomic E-state index is 0.335. The van der Waals surface area contributed by atoms with Gasteiger partial charge in [-0.25, -0.2) is 5.84 Å². The van der Waals surface area contributed by atoms with Crippen LogP contribution in [0.4, 0.5) is 17.5 Å². The summed E-state index contributed by atoms with van der Waals surface area (Å²) in [6.45, 7) is 2.16. The normalized spacial score (nSPS) is 10.8. The molecule has 1 aromatic carbocycles. The molecule has 2 aromatic heterocycles. The Labute approximate surface area is 122 Å². The monoisotopic (exact) mass is 283 g/mol. The molecular formula is C14H17N7. The summed E-state index contributed by atoms with van der Waals surface area (Å²) in [4.78, 5) is 8.58. The minimum absolute atomic E-state index is 0.335. The summed E-state index contributed by atoms with van der Waals surface area (Å²) in [5, 5.41) is 11.0. The van der Waals surface area contributed by atoms with E-state index in [2.05, 4.69) is 43.9 Å². The molecule has 0 spiro atoms. The van der Waals surface area contributed by atoms with Crippen molar-refractivity contribution in [3.05, 3.63) is 36.0 Å². The molecule has 0 amide bonds. The molecular weight excluding hydrogens is 266 g/mol. The fourth-order valence-corrected chi connectivity index (χ4v) is 2.25. The van der Waals surface area contributed by atoms with E-state index in [1.807, 2.05) is 18.2 Å². The Morgan fingerprint density at radius 3 is 2.90 bits per heavy atom. The van der Waals surface area contributed by atoms with Gasteiger partial charge in [-0.05, 0) is 18.1 Å². The Kier molecular flexibility index (Phi) is 3.65. The highest BCUT2D eigenvalue weighted by atomic mass is 15.3. The molecule has 0 aliphatic heterocycles. The molecule has 0 fully saturated rings. The molecule has 3 rings (SSSR count). The maximum atomic E-state index is 5.41. The van der Waals surface area contributed by atoms with Crippen LogP contribution in [0.15, 0.2) is 30.5 Å². The number of fused-ring (bicyclic) bond motifs is 1. The number of nitrogens with zero attached hydrogens (tertiary/aromatic N) is 3. The molecule has 0 atom stereocenters. The molecule has 3 aromatic rings. The summed E-state index contributed by atoms with van der Waals surface area (Å²) in [6, 6.07) is 8.18. The zero-order valence-corrected chi connectivity index (χ0v) is 11.7. The van der Waals surface area contributed by atoms with Crippen molar-refractivity contribution in [3.63, 3.8) is 0 Å². The average Bonchev–Trinajstić information content (AvgIpc) is 2.98. The first-order valence-electron chi connectivity index (χ1n) is 6.84. The number of hydrogen-bond donors (Lipinski definition) is 4. The fraction of sp³-hybridized carbons (Fsp3) is 0.214. The number of anilines is 3. The number of para-hydroxylation sites is 1. The quantitative estimate of drug-likeness (QED) is 0.423. The molecule has 7 heteroatoms. The van der Waals surface area contributed by atoms with E-state index in [1.54, 1.807) is 6.20 Å². The Balaban J connectivity index is 2.03. The smallest absolute Gasteiger partial charge is 0.241 e. The third kappa shape index (κ3) is 2.63. The summed E-state index contributed by atoms with van der Waals surface area (Å²) in [7, 11) is 0. The molecule has 0 bridgehead atoms. The highest BCUT2D eigenvalue weighted by Gasteiger charge is 2.10. The van der Waals surface area contributed by atoms with E-state index < -0.39 is 0 Å². The maximum Gasteiger partial charge on any atom is 0.241 e. The van der Waals surface area contributed by atoms with Gasteiger partial charge in [0, 0.05) is 5.69 Å². The number of aryl methyl sites for hydroxylation is 1. The van der Waals surface area contributed by atoms with Crippen LogP contribution in [-0.4, -0.2) is 20.2 Å². The Bertz CT molecular complexity index is 750. The van der Waals surface area contributed by atoms with Gasteiger partial charge in [-0.1, -0.05) is 31.5 Å². The van der Waals surface area contributed by atoms with Gasteiger partial charge in [0.05, 0.1) is 11.6 Å². The van der Waals surface area contributed by atoms with Crippen LogP contribution in [0.5, 0.6) is 0 Å². The van der Waals surface area contributed by atoms with Crippen molar-refractivity contribution in [1.82, 2.24) is 20.2 Å².